The molecule has 1 aromatic carbocycles. The number of nitrogens with one attached hydrogen (secondary N) is 1. The van der Waals surface area contributed by atoms with Crippen molar-refractivity contribution in [3.8, 4) is 0 Å². The summed E-state index contributed by atoms with van der Waals surface area (Å²) >= 11 is 12.8. The maximum Gasteiger partial charge on any atom is 0.249 e. The maximum absolute atomic E-state index is 13.3. The largest absolute Gasteiger partial charge is 0.391 e. The number of amides is 1. The van der Waals surface area contributed by atoms with E-state index in [1.807, 2.05) is 12.1 Å². The molecule has 0 radical (unpaired) electrons. The molecule has 0 saturated heterocycles. The minimum Gasteiger partial charge on any atom is -0.391 e. The number of hydrogen-bond donors (Lipinski definition) is 2. The summed E-state index contributed by atoms with van der Waals surface area (Å²) in [5.74, 6) is 0.615. The van der Waals surface area contributed by atoms with Crippen molar-refractivity contribution in [3.05, 3.63) is 45.1 Å². The number of allylic oxidation sites excluding steroid dienone is 1. The van der Waals surface area contributed by atoms with Gasteiger partial charge in [-0.3, -0.25) is 4.79 Å². The van der Waals surface area contributed by atoms with Crippen molar-refractivity contribution in [3.63, 3.8) is 0 Å². The van der Waals surface area contributed by atoms with E-state index in [-0.39, 0.29) is 18.0 Å². The highest BCUT2D eigenvalue weighted by Gasteiger charge is 2.37. The monoisotopic (exact) mass is 464 g/mol. The van der Waals surface area contributed by atoms with Gasteiger partial charge in [0.1, 0.15) is 0 Å². The van der Waals surface area contributed by atoms with Gasteiger partial charge in [0.25, 0.3) is 0 Å². The average Bonchev–Trinajstić information content (AvgIpc) is 3.07. The topological polar surface area (TPSA) is 52.6 Å². The van der Waals surface area contributed by atoms with Gasteiger partial charge < -0.3 is 15.3 Å². The Bertz CT molecular complexity index is 835. The van der Waals surface area contributed by atoms with Crippen LogP contribution in [0.2, 0.25) is 10.0 Å². The van der Waals surface area contributed by atoms with Crippen LogP contribution in [0, 0.1) is 5.92 Å². The molecule has 2 N–H and O–H groups in total. The van der Waals surface area contributed by atoms with Crippen LogP contribution in [0.3, 0.4) is 0 Å². The number of carbonyl (C=O) groups excluding carboxylic acids is 1. The van der Waals surface area contributed by atoms with Crippen LogP contribution in [-0.4, -0.2) is 34.6 Å². The van der Waals surface area contributed by atoms with E-state index in [1.165, 1.54) is 32.1 Å². The highest BCUT2D eigenvalue weighted by Crippen LogP contribution is 2.43. The van der Waals surface area contributed by atoms with Gasteiger partial charge in [0.2, 0.25) is 5.91 Å². The first-order valence-corrected chi connectivity index (χ1v) is 12.6. The Kier molecular flexibility index (Phi) is 7.51. The molecule has 3 atom stereocenters. The van der Waals surface area contributed by atoms with Crippen molar-refractivity contribution in [1.29, 1.82) is 0 Å². The molecule has 6 heteroatoms. The molecule has 0 aromatic heterocycles. The molecule has 3 aliphatic rings. The molecule has 1 unspecified atom stereocenters. The fourth-order valence-corrected chi connectivity index (χ4v) is 6.15. The van der Waals surface area contributed by atoms with E-state index in [9.17, 15) is 9.90 Å². The standard InChI is InChI=1S/C25H34Cl2N2O2/c1-16-20(25(31)28-22-9-5-6-10-24(22)30)14-23(19-12-11-18(26)13-21(19)27)29(16)15-17-7-3-2-4-8-17/h11-13,17,22-24,30H,2-10,14-15H2,1H3,(H,28,31)/t22-,23?,24-/m0/s1. The summed E-state index contributed by atoms with van der Waals surface area (Å²) in [5, 5.41) is 14.7. The molecule has 1 amide bonds. The van der Waals surface area contributed by atoms with Crippen molar-refractivity contribution >= 4 is 29.1 Å². The fraction of sp³-hybridized carbons (Fsp3) is 0.640. The third-order valence-corrected chi connectivity index (χ3v) is 8.02. The smallest absolute Gasteiger partial charge is 0.249 e. The summed E-state index contributed by atoms with van der Waals surface area (Å²) in [7, 11) is 0. The van der Waals surface area contributed by atoms with Gasteiger partial charge in [-0.2, -0.15) is 0 Å². The van der Waals surface area contributed by atoms with Crippen molar-refractivity contribution in [1.82, 2.24) is 10.2 Å². The number of carbonyl (C=O) groups is 1. The molecule has 4 rings (SSSR count). The Hall–Kier alpha value is -1.23. The molecule has 0 bridgehead atoms. The second-order valence-corrected chi connectivity index (χ2v) is 10.4. The molecule has 2 fully saturated rings. The van der Waals surface area contributed by atoms with Gasteiger partial charge in [-0.15, -0.1) is 0 Å². The lowest BCUT2D eigenvalue weighted by Gasteiger charge is -2.34. The van der Waals surface area contributed by atoms with E-state index in [4.69, 9.17) is 23.2 Å². The molecule has 1 heterocycles. The van der Waals surface area contributed by atoms with Crippen molar-refractivity contribution in [2.24, 2.45) is 5.92 Å². The van der Waals surface area contributed by atoms with E-state index in [0.29, 0.717) is 22.4 Å². The third kappa shape index (κ3) is 5.23. The van der Waals surface area contributed by atoms with Crippen LogP contribution >= 0.6 is 23.2 Å². The van der Waals surface area contributed by atoms with Crippen LogP contribution in [0.4, 0.5) is 0 Å². The zero-order valence-corrected chi connectivity index (χ0v) is 19.9. The summed E-state index contributed by atoms with van der Waals surface area (Å²) in [6, 6.07) is 5.58. The molecule has 1 aromatic rings. The van der Waals surface area contributed by atoms with Crippen LogP contribution in [-0.2, 0) is 4.79 Å². The zero-order chi connectivity index (χ0) is 22.0. The third-order valence-electron chi connectivity index (χ3n) is 7.46. The summed E-state index contributed by atoms with van der Waals surface area (Å²) < 4.78 is 0. The van der Waals surface area contributed by atoms with E-state index < -0.39 is 6.10 Å². The maximum atomic E-state index is 13.3. The number of nitrogens with zero attached hydrogens (tertiary/aromatic N) is 1. The van der Waals surface area contributed by atoms with Crippen molar-refractivity contribution in [2.75, 3.05) is 6.54 Å². The van der Waals surface area contributed by atoms with E-state index in [1.54, 1.807) is 6.07 Å². The normalized spacial score (nSPS) is 27.6. The molecule has 2 saturated carbocycles. The van der Waals surface area contributed by atoms with Crippen LogP contribution in [0.5, 0.6) is 0 Å². The molecule has 1 aliphatic heterocycles. The zero-order valence-electron chi connectivity index (χ0n) is 18.4. The van der Waals surface area contributed by atoms with Gasteiger partial charge in [0.05, 0.1) is 18.2 Å². The van der Waals surface area contributed by atoms with E-state index in [2.05, 4.69) is 17.1 Å². The predicted octanol–water partition coefficient (Wildman–Crippen LogP) is 6.01. The first-order valence-electron chi connectivity index (χ1n) is 11.8. The number of hydrogen-bond acceptors (Lipinski definition) is 3. The molecule has 0 spiro atoms. The van der Waals surface area contributed by atoms with Gasteiger partial charge in [-0.05, 0) is 56.2 Å². The number of aliphatic hydroxyl groups is 1. The van der Waals surface area contributed by atoms with E-state index in [0.717, 1.165) is 49.1 Å². The number of rotatable bonds is 5. The van der Waals surface area contributed by atoms with Crippen LogP contribution < -0.4 is 5.32 Å². The summed E-state index contributed by atoms with van der Waals surface area (Å²) in [5.41, 5.74) is 2.90. The number of benzene rings is 1. The quantitative estimate of drug-likeness (QED) is 0.560. The fourth-order valence-electron chi connectivity index (χ4n) is 5.61. The molecular weight excluding hydrogens is 431 g/mol. The molecule has 31 heavy (non-hydrogen) atoms. The lowest BCUT2D eigenvalue weighted by Crippen LogP contribution is -2.45. The Morgan fingerprint density at radius 2 is 1.81 bits per heavy atom. The lowest BCUT2D eigenvalue weighted by molar-refractivity contribution is -0.119. The molecule has 4 nitrogen and oxygen atoms in total. The number of aliphatic hydroxyl groups excluding tert-OH is 1. The first kappa shape index (κ1) is 22.9. The Labute approximate surface area is 196 Å². The SMILES string of the molecule is CC1=C(C(=O)N[C@H]2CCCC[C@@H]2O)CC(c2ccc(Cl)cc2Cl)N1CC1CCCCC1. The first-order chi connectivity index (χ1) is 14.9. The van der Waals surface area contributed by atoms with Gasteiger partial charge >= 0.3 is 0 Å². The molecular formula is C25H34Cl2N2O2. The van der Waals surface area contributed by atoms with Crippen molar-refractivity contribution in [2.45, 2.75) is 89.3 Å². The summed E-state index contributed by atoms with van der Waals surface area (Å²) in [6.07, 6.45) is 10.3. The van der Waals surface area contributed by atoms with Gasteiger partial charge in [-0.1, -0.05) is 61.4 Å². The predicted molar refractivity (Wildman–Crippen MR) is 126 cm³/mol. The van der Waals surface area contributed by atoms with E-state index >= 15 is 0 Å². The summed E-state index contributed by atoms with van der Waals surface area (Å²) in [4.78, 5) is 15.7. The molecule has 2 aliphatic carbocycles. The lowest BCUT2D eigenvalue weighted by atomic mass is 9.88. The number of halogens is 2. The minimum atomic E-state index is -0.445. The highest BCUT2D eigenvalue weighted by molar-refractivity contribution is 6.35. The minimum absolute atomic E-state index is 0.0373. The molecule has 170 valence electrons. The van der Waals surface area contributed by atoms with Gasteiger partial charge in [0, 0.05) is 34.3 Å². The van der Waals surface area contributed by atoms with Crippen molar-refractivity contribution < 1.29 is 9.90 Å². The average molecular weight is 465 g/mol. The van der Waals surface area contributed by atoms with Crippen LogP contribution in [0.1, 0.15) is 82.7 Å². The van der Waals surface area contributed by atoms with Gasteiger partial charge in [-0.25, -0.2) is 0 Å². The Morgan fingerprint density at radius 3 is 2.52 bits per heavy atom. The second kappa shape index (κ2) is 10.1. The Morgan fingerprint density at radius 1 is 1.10 bits per heavy atom. The van der Waals surface area contributed by atoms with Crippen LogP contribution in [0.15, 0.2) is 29.5 Å². The van der Waals surface area contributed by atoms with Crippen LogP contribution in [0.25, 0.3) is 0 Å². The summed E-state index contributed by atoms with van der Waals surface area (Å²) in [6.45, 7) is 3.02. The highest BCUT2D eigenvalue weighted by atomic mass is 35.5. The van der Waals surface area contributed by atoms with Gasteiger partial charge in [0.15, 0.2) is 0 Å². The second-order valence-electron chi connectivity index (χ2n) is 9.54. The Balaban J connectivity index is 1.57.